The third kappa shape index (κ3) is 8.13. The molecule has 0 radical (unpaired) electrons. The number of esters is 5. The number of halogens is 3. The van der Waals surface area contributed by atoms with Crippen molar-refractivity contribution in [3.05, 3.63) is 0 Å². The molecule has 1 aliphatic heterocycles. The molecule has 30 heavy (non-hydrogen) atoms. The van der Waals surface area contributed by atoms with Crippen molar-refractivity contribution in [2.24, 2.45) is 0 Å². The summed E-state index contributed by atoms with van der Waals surface area (Å²) in [4.78, 5) is 58.0. The second kappa shape index (κ2) is 11.0. The first-order valence-corrected chi connectivity index (χ1v) is 9.44. The molecule has 0 aromatic carbocycles. The number of hydrogen-bond acceptors (Lipinski definition) is 11. The van der Waals surface area contributed by atoms with Crippen LogP contribution in [0, 0.1) is 0 Å². The second-order valence-corrected chi connectivity index (χ2v) is 8.25. The molecular weight excluding hydrogens is 475 g/mol. The van der Waals surface area contributed by atoms with Crippen molar-refractivity contribution in [2.45, 2.75) is 62.2 Å². The zero-order valence-corrected chi connectivity index (χ0v) is 18.5. The van der Waals surface area contributed by atoms with Crippen LogP contribution in [0.3, 0.4) is 0 Å². The van der Waals surface area contributed by atoms with E-state index in [1.807, 2.05) is 0 Å². The molecule has 0 unspecified atom stereocenters. The largest absolute Gasteiger partial charge is 0.463 e. The molecule has 0 N–H and O–H groups in total. The molecule has 0 aromatic heterocycles. The van der Waals surface area contributed by atoms with Crippen LogP contribution in [0.4, 0.5) is 0 Å². The van der Waals surface area contributed by atoms with E-state index in [9.17, 15) is 24.0 Å². The Morgan fingerprint density at radius 3 is 1.63 bits per heavy atom. The predicted molar refractivity (Wildman–Crippen MR) is 98.3 cm³/mol. The van der Waals surface area contributed by atoms with Gasteiger partial charge in [0.1, 0.15) is 12.7 Å². The van der Waals surface area contributed by atoms with Gasteiger partial charge in [-0.2, -0.15) is 0 Å². The first-order valence-electron chi connectivity index (χ1n) is 8.30. The van der Waals surface area contributed by atoms with Crippen molar-refractivity contribution in [3.63, 3.8) is 0 Å². The Balaban J connectivity index is 3.37. The normalized spacial score (nSPS) is 26.2. The predicted octanol–water partition coefficient (Wildman–Crippen LogP) is 0.983. The fourth-order valence-corrected chi connectivity index (χ4v) is 2.59. The summed E-state index contributed by atoms with van der Waals surface area (Å²) >= 11 is 16.4. The van der Waals surface area contributed by atoms with Crippen molar-refractivity contribution in [1.82, 2.24) is 0 Å². The second-order valence-electron chi connectivity index (χ2n) is 5.97. The van der Waals surface area contributed by atoms with Crippen molar-refractivity contribution < 1.29 is 52.4 Å². The number of carbonyl (C=O) groups is 5. The van der Waals surface area contributed by atoms with Crippen LogP contribution in [0.1, 0.15) is 27.7 Å². The van der Waals surface area contributed by atoms with Crippen molar-refractivity contribution >= 4 is 64.6 Å². The van der Waals surface area contributed by atoms with Crippen molar-refractivity contribution in [1.29, 1.82) is 0 Å². The van der Waals surface area contributed by atoms with Crippen molar-refractivity contribution in [3.8, 4) is 0 Å². The van der Waals surface area contributed by atoms with Crippen LogP contribution in [-0.2, 0) is 52.4 Å². The molecule has 170 valence electrons. The zero-order valence-electron chi connectivity index (χ0n) is 16.2. The molecule has 1 saturated heterocycles. The summed E-state index contributed by atoms with van der Waals surface area (Å²) in [6.07, 6.45) is -7.60. The van der Waals surface area contributed by atoms with Gasteiger partial charge in [0, 0.05) is 27.7 Å². The highest BCUT2D eigenvalue weighted by Crippen LogP contribution is 2.33. The zero-order chi connectivity index (χ0) is 23.2. The smallest absolute Gasteiger partial charge is 0.360 e. The summed E-state index contributed by atoms with van der Waals surface area (Å²) in [5, 5.41) is 0. The summed E-state index contributed by atoms with van der Waals surface area (Å²) in [5.41, 5.74) is 0. The van der Waals surface area contributed by atoms with E-state index < -0.39 is 71.0 Å². The topological polar surface area (TPSA) is 141 Å². The van der Waals surface area contributed by atoms with Gasteiger partial charge in [0.25, 0.3) is 3.79 Å². The Hall–Kier alpha value is -1.82. The molecule has 0 aliphatic carbocycles. The Bertz CT molecular complexity index is 690. The van der Waals surface area contributed by atoms with E-state index >= 15 is 0 Å². The molecule has 1 aliphatic rings. The number of alkyl halides is 3. The molecule has 11 nitrogen and oxygen atoms in total. The Kier molecular flexibility index (Phi) is 9.60. The molecule has 1 rings (SSSR count). The number of ether oxygens (including phenoxy) is 6. The van der Waals surface area contributed by atoms with Crippen molar-refractivity contribution in [2.75, 3.05) is 6.61 Å². The third-order valence-electron chi connectivity index (χ3n) is 3.40. The first kappa shape index (κ1) is 26.2. The summed E-state index contributed by atoms with van der Waals surface area (Å²) in [6.45, 7) is 3.72. The maximum atomic E-state index is 12.0. The first-order chi connectivity index (χ1) is 13.7. The van der Waals surface area contributed by atoms with E-state index in [1.165, 1.54) is 0 Å². The van der Waals surface area contributed by atoms with Gasteiger partial charge in [-0.05, 0) is 0 Å². The molecule has 0 amide bonds. The van der Waals surface area contributed by atoms with Gasteiger partial charge in [-0.1, -0.05) is 34.8 Å². The maximum absolute atomic E-state index is 12.0. The van der Waals surface area contributed by atoms with Crippen LogP contribution in [0.25, 0.3) is 0 Å². The van der Waals surface area contributed by atoms with Crippen LogP contribution < -0.4 is 0 Å². The minimum absolute atomic E-state index is 0.500. The lowest BCUT2D eigenvalue weighted by Gasteiger charge is -2.43. The van der Waals surface area contributed by atoms with Gasteiger partial charge < -0.3 is 28.4 Å². The average Bonchev–Trinajstić information content (AvgIpc) is 2.56. The summed E-state index contributed by atoms with van der Waals surface area (Å²) in [6, 6.07) is 0. The molecule has 14 heteroatoms. The molecular formula is C16H19Cl3O11. The SMILES string of the molecule is CC(=O)OC[C@H]1O[C@H](OC(=O)C(Cl)(Cl)Cl)[C@H](OC(C)=O)[C@@H](OC(C)=O)[C@@H]1OC(C)=O. The summed E-state index contributed by atoms with van der Waals surface area (Å²) in [7, 11) is 0. The summed E-state index contributed by atoms with van der Waals surface area (Å²) < 4.78 is 28.2. The van der Waals surface area contributed by atoms with E-state index in [0.29, 0.717) is 0 Å². The van der Waals surface area contributed by atoms with Crippen LogP contribution in [0.5, 0.6) is 0 Å². The van der Waals surface area contributed by atoms with E-state index in [0.717, 1.165) is 27.7 Å². The van der Waals surface area contributed by atoms with Crippen LogP contribution in [0.2, 0.25) is 0 Å². The van der Waals surface area contributed by atoms with Gasteiger partial charge >= 0.3 is 29.8 Å². The molecule has 1 fully saturated rings. The van der Waals surface area contributed by atoms with Gasteiger partial charge in [0.2, 0.25) is 12.4 Å². The Morgan fingerprint density at radius 1 is 0.733 bits per heavy atom. The number of rotatable bonds is 6. The highest BCUT2D eigenvalue weighted by Gasteiger charge is 2.54. The Morgan fingerprint density at radius 2 is 1.20 bits per heavy atom. The Labute approximate surface area is 186 Å². The number of hydrogen-bond donors (Lipinski definition) is 0. The maximum Gasteiger partial charge on any atom is 0.360 e. The summed E-state index contributed by atoms with van der Waals surface area (Å²) in [5.74, 6) is -4.65. The molecule has 0 spiro atoms. The molecule has 1 heterocycles. The van der Waals surface area contributed by atoms with E-state index in [-0.39, 0.29) is 0 Å². The fourth-order valence-electron chi connectivity index (χ4n) is 2.46. The molecule has 0 bridgehead atoms. The third-order valence-corrected chi connectivity index (χ3v) is 3.87. The van der Waals surface area contributed by atoms with Crippen LogP contribution in [-0.4, -0.2) is 71.0 Å². The van der Waals surface area contributed by atoms with E-state index in [2.05, 4.69) is 0 Å². The molecule has 5 atom stereocenters. The van der Waals surface area contributed by atoms with Crippen LogP contribution in [0.15, 0.2) is 0 Å². The lowest BCUT2D eigenvalue weighted by molar-refractivity contribution is -0.300. The van der Waals surface area contributed by atoms with Gasteiger partial charge in [-0.3, -0.25) is 19.2 Å². The molecule has 0 aromatic rings. The number of carbonyl (C=O) groups excluding carboxylic acids is 5. The fraction of sp³-hybridized carbons (Fsp3) is 0.688. The highest BCUT2D eigenvalue weighted by molar-refractivity contribution is 6.75. The van der Waals surface area contributed by atoms with Gasteiger partial charge in [-0.25, -0.2) is 4.79 Å². The quantitative estimate of drug-likeness (QED) is 0.297. The van der Waals surface area contributed by atoms with E-state index in [1.54, 1.807) is 0 Å². The standard InChI is InChI=1S/C16H19Cl3O11/c1-6(20)25-5-10-11(26-7(2)21)12(27-8(3)22)13(28-9(4)23)14(29-10)30-15(24)16(17,18)19/h10-14H,5H2,1-4H3/t10-,11-,12+,13-,14-/m1/s1. The van der Waals surface area contributed by atoms with Gasteiger partial charge in [0.05, 0.1) is 0 Å². The van der Waals surface area contributed by atoms with Gasteiger partial charge in [0.15, 0.2) is 12.2 Å². The monoisotopic (exact) mass is 492 g/mol. The average molecular weight is 494 g/mol. The highest BCUT2D eigenvalue weighted by atomic mass is 35.6. The lowest BCUT2D eigenvalue weighted by Crippen LogP contribution is -2.63. The van der Waals surface area contributed by atoms with Gasteiger partial charge in [-0.15, -0.1) is 0 Å². The van der Waals surface area contributed by atoms with E-state index in [4.69, 9.17) is 63.2 Å². The lowest BCUT2D eigenvalue weighted by atomic mass is 9.98. The van der Waals surface area contributed by atoms with Crippen LogP contribution >= 0.6 is 34.8 Å². The molecule has 0 saturated carbocycles. The minimum Gasteiger partial charge on any atom is -0.463 e. The minimum atomic E-state index is -2.51.